The van der Waals surface area contributed by atoms with Gasteiger partial charge in [0, 0.05) is 12.1 Å². The van der Waals surface area contributed by atoms with E-state index in [1.54, 1.807) is 0 Å². The average Bonchev–Trinajstić information content (AvgIpc) is 3.36. The van der Waals surface area contributed by atoms with Crippen LogP contribution in [-0.2, 0) is 14.3 Å². The highest BCUT2D eigenvalue weighted by atomic mass is 19.3. The fraction of sp³-hybridized carbons (Fsp3) is 0.412. The van der Waals surface area contributed by atoms with Crippen molar-refractivity contribution in [1.82, 2.24) is 5.32 Å². The molecule has 130 valence electrons. The standard InChI is InChI=1S/C17H19F2NO4/c1-11(13-5-6-13)20-15(21)10-23-16(22)9-4-12-2-7-14(8-3-12)24-17(18)19/h2-4,7-9,11,13,17H,5-6,10H2,1H3,(H,20,21)/b9-4+/t11-/m1/s1. The minimum atomic E-state index is -2.88. The monoisotopic (exact) mass is 339 g/mol. The van der Waals surface area contributed by atoms with Crippen molar-refractivity contribution in [2.75, 3.05) is 6.61 Å². The van der Waals surface area contributed by atoms with E-state index in [-0.39, 0.29) is 24.3 Å². The van der Waals surface area contributed by atoms with Gasteiger partial charge in [0.25, 0.3) is 5.91 Å². The Labute approximate surface area is 138 Å². The van der Waals surface area contributed by atoms with Gasteiger partial charge in [-0.1, -0.05) is 12.1 Å². The molecule has 1 atom stereocenters. The van der Waals surface area contributed by atoms with Crippen LogP contribution in [-0.4, -0.2) is 31.1 Å². The van der Waals surface area contributed by atoms with Gasteiger partial charge in [-0.3, -0.25) is 4.79 Å². The van der Waals surface area contributed by atoms with E-state index >= 15 is 0 Å². The van der Waals surface area contributed by atoms with Crippen LogP contribution in [0.4, 0.5) is 8.78 Å². The summed E-state index contributed by atoms with van der Waals surface area (Å²) in [4.78, 5) is 23.2. The Morgan fingerprint density at radius 1 is 1.29 bits per heavy atom. The van der Waals surface area contributed by atoms with E-state index in [2.05, 4.69) is 10.1 Å². The lowest BCUT2D eigenvalue weighted by molar-refractivity contribution is -0.144. The van der Waals surface area contributed by atoms with Gasteiger partial charge in [0.15, 0.2) is 6.61 Å². The van der Waals surface area contributed by atoms with Gasteiger partial charge in [0.1, 0.15) is 5.75 Å². The van der Waals surface area contributed by atoms with Crippen molar-refractivity contribution in [3.05, 3.63) is 35.9 Å². The molecule has 1 fully saturated rings. The lowest BCUT2D eigenvalue weighted by Crippen LogP contribution is -2.36. The number of ether oxygens (including phenoxy) is 2. The van der Waals surface area contributed by atoms with Gasteiger partial charge in [-0.25, -0.2) is 4.79 Å². The van der Waals surface area contributed by atoms with E-state index in [1.165, 1.54) is 36.4 Å². The zero-order valence-corrected chi connectivity index (χ0v) is 13.2. The first-order valence-corrected chi connectivity index (χ1v) is 7.63. The summed E-state index contributed by atoms with van der Waals surface area (Å²) in [5.74, 6) is -0.422. The second-order valence-corrected chi connectivity index (χ2v) is 5.58. The fourth-order valence-electron chi connectivity index (χ4n) is 2.12. The predicted octanol–water partition coefficient (Wildman–Crippen LogP) is 2.76. The zero-order chi connectivity index (χ0) is 17.5. The Bertz CT molecular complexity index is 597. The molecule has 0 unspecified atom stereocenters. The number of amides is 1. The van der Waals surface area contributed by atoms with E-state index in [4.69, 9.17) is 4.74 Å². The highest BCUT2D eigenvalue weighted by Crippen LogP contribution is 2.32. The van der Waals surface area contributed by atoms with Gasteiger partial charge in [-0.05, 0) is 49.5 Å². The van der Waals surface area contributed by atoms with Gasteiger partial charge >= 0.3 is 12.6 Å². The Kier molecular flexibility index (Phi) is 6.28. The molecule has 1 amide bonds. The zero-order valence-electron chi connectivity index (χ0n) is 13.2. The van der Waals surface area contributed by atoms with Crippen LogP contribution in [0.15, 0.2) is 30.3 Å². The minimum absolute atomic E-state index is 0.0335. The number of hydrogen-bond acceptors (Lipinski definition) is 4. The number of halogens is 2. The van der Waals surface area contributed by atoms with Crippen LogP contribution >= 0.6 is 0 Å². The number of carbonyl (C=O) groups is 2. The molecule has 24 heavy (non-hydrogen) atoms. The molecule has 0 radical (unpaired) electrons. The van der Waals surface area contributed by atoms with E-state index in [0.717, 1.165) is 12.8 Å². The van der Waals surface area contributed by atoms with Gasteiger partial charge in [0.2, 0.25) is 0 Å². The first-order valence-electron chi connectivity index (χ1n) is 7.63. The van der Waals surface area contributed by atoms with Crippen molar-refractivity contribution < 1.29 is 27.8 Å². The maximum Gasteiger partial charge on any atom is 0.387 e. The van der Waals surface area contributed by atoms with E-state index in [0.29, 0.717) is 11.5 Å². The summed E-state index contributed by atoms with van der Waals surface area (Å²) >= 11 is 0. The second-order valence-electron chi connectivity index (χ2n) is 5.58. The number of hydrogen-bond donors (Lipinski definition) is 1. The quantitative estimate of drug-likeness (QED) is 0.584. The van der Waals surface area contributed by atoms with Gasteiger partial charge < -0.3 is 14.8 Å². The molecule has 1 aromatic carbocycles. The van der Waals surface area contributed by atoms with Crippen molar-refractivity contribution in [2.45, 2.75) is 32.4 Å². The normalized spacial score (nSPS) is 15.3. The van der Waals surface area contributed by atoms with Crippen LogP contribution in [0.25, 0.3) is 6.08 Å². The maximum absolute atomic E-state index is 12.0. The number of esters is 1. The SMILES string of the molecule is C[C@@H](NC(=O)COC(=O)/C=C/c1ccc(OC(F)F)cc1)C1CC1. The first-order chi connectivity index (χ1) is 11.4. The van der Waals surface area contributed by atoms with Crippen molar-refractivity contribution in [3.8, 4) is 5.75 Å². The summed E-state index contributed by atoms with van der Waals surface area (Å²) in [7, 11) is 0. The van der Waals surface area contributed by atoms with Gasteiger partial charge in [0.05, 0.1) is 0 Å². The molecule has 0 bridgehead atoms. The molecule has 0 aromatic heterocycles. The Balaban J connectivity index is 1.72. The molecule has 0 spiro atoms. The fourth-order valence-corrected chi connectivity index (χ4v) is 2.12. The highest BCUT2D eigenvalue weighted by molar-refractivity contribution is 5.89. The molecule has 0 saturated heterocycles. The molecule has 1 aliphatic rings. The number of carbonyl (C=O) groups excluding carboxylic acids is 2. The van der Waals surface area contributed by atoms with Gasteiger partial charge in [-0.15, -0.1) is 0 Å². The summed E-state index contributed by atoms with van der Waals surface area (Å²) in [5, 5.41) is 2.78. The van der Waals surface area contributed by atoms with Crippen molar-refractivity contribution in [1.29, 1.82) is 0 Å². The third-order valence-corrected chi connectivity index (χ3v) is 3.58. The molecule has 1 aliphatic carbocycles. The highest BCUT2D eigenvalue weighted by Gasteiger charge is 2.28. The number of rotatable bonds is 8. The number of nitrogens with one attached hydrogen (secondary N) is 1. The molecule has 1 aromatic rings. The van der Waals surface area contributed by atoms with Crippen LogP contribution in [0.5, 0.6) is 5.75 Å². The number of alkyl halides is 2. The molecule has 2 rings (SSSR count). The third kappa shape index (κ3) is 6.36. The molecule has 7 heteroatoms. The largest absolute Gasteiger partial charge is 0.452 e. The summed E-state index contributed by atoms with van der Waals surface area (Å²) in [6, 6.07) is 5.87. The Morgan fingerprint density at radius 2 is 1.96 bits per heavy atom. The van der Waals surface area contributed by atoms with Crippen LogP contribution < -0.4 is 10.1 Å². The molecular weight excluding hydrogens is 320 g/mol. The van der Waals surface area contributed by atoms with Crippen LogP contribution in [0.3, 0.4) is 0 Å². The summed E-state index contributed by atoms with van der Waals surface area (Å²) in [5.41, 5.74) is 0.611. The van der Waals surface area contributed by atoms with Crippen molar-refractivity contribution in [2.24, 2.45) is 5.92 Å². The smallest absolute Gasteiger partial charge is 0.387 e. The lowest BCUT2D eigenvalue weighted by atomic mass is 10.2. The molecule has 5 nitrogen and oxygen atoms in total. The van der Waals surface area contributed by atoms with Crippen LogP contribution in [0.2, 0.25) is 0 Å². The summed E-state index contributed by atoms with van der Waals surface area (Å²) in [6.07, 6.45) is 4.86. The predicted molar refractivity (Wildman–Crippen MR) is 83.4 cm³/mol. The molecule has 0 heterocycles. The van der Waals surface area contributed by atoms with E-state index in [1.807, 2.05) is 6.92 Å². The van der Waals surface area contributed by atoms with Crippen molar-refractivity contribution >= 4 is 18.0 Å². The number of benzene rings is 1. The molecule has 1 N–H and O–H groups in total. The summed E-state index contributed by atoms with van der Waals surface area (Å²) < 4.78 is 33.1. The summed E-state index contributed by atoms with van der Waals surface area (Å²) in [6.45, 7) is -1.28. The third-order valence-electron chi connectivity index (χ3n) is 3.58. The Hall–Kier alpha value is -2.44. The average molecular weight is 339 g/mol. The molecular formula is C17H19F2NO4. The first kappa shape index (κ1) is 17.9. The van der Waals surface area contributed by atoms with Gasteiger partial charge in [-0.2, -0.15) is 8.78 Å². The molecule has 1 saturated carbocycles. The van der Waals surface area contributed by atoms with E-state index in [9.17, 15) is 18.4 Å². The minimum Gasteiger partial charge on any atom is -0.452 e. The second kappa shape index (κ2) is 8.42. The topological polar surface area (TPSA) is 64.6 Å². The maximum atomic E-state index is 12.0. The van der Waals surface area contributed by atoms with Crippen molar-refractivity contribution in [3.63, 3.8) is 0 Å². The Morgan fingerprint density at radius 3 is 2.54 bits per heavy atom. The lowest BCUT2D eigenvalue weighted by Gasteiger charge is -2.12. The van der Waals surface area contributed by atoms with Crippen LogP contribution in [0, 0.1) is 5.92 Å². The molecule has 0 aliphatic heterocycles. The van der Waals surface area contributed by atoms with Crippen LogP contribution in [0.1, 0.15) is 25.3 Å². The van der Waals surface area contributed by atoms with E-state index < -0.39 is 12.6 Å².